The van der Waals surface area contributed by atoms with Crippen LogP contribution in [0.4, 0.5) is 5.13 Å². The Hall–Kier alpha value is -3.09. The largest absolute Gasteiger partial charge is 0.465 e. The molecule has 0 radical (unpaired) electrons. The minimum Gasteiger partial charge on any atom is -0.465 e. The minimum atomic E-state index is -0.526. The first kappa shape index (κ1) is 16.8. The second kappa shape index (κ2) is 7.21. The van der Waals surface area contributed by atoms with E-state index in [0.717, 1.165) is 11.3 Å². The molecule has 1 N–H and O–H groups in total. The first-order valence-corrected chi connectivity index (χ1v) is 8.62. The van der Waals surface area contributed by atoms with Gasteiger partial charge in [0.25, 0.3) is 5.91 Å². The zero-order valence-electron chi connectivity index (χ0n) is 12.8. The Kier molecular flexibility index (Phi) is 4.83. The van der Waals surface area contributed by atoms with E-state index in [1.807, 2.05) is 0 Å². The van der Waals surface area contributed by atoms with Crippen LogP contribution in [0.2, 0.25) is 0 Å². The third kappa shape index (κ3) is 3.55. The summed E-state index contributed by atoms with van der Waals surface area (Å²) in [6.07, 6.45) is 1.62. The van der Waals surface area contributed by atoms with Gasteiger partial charge in [-0.3, -0.25) is 10.1 Å². The summed E-state index contributed by atoms with van der Waals surface area (Å²) in [6, 6.07) is 8.21. The molecule has 0 saturated carbocycles. The van der Waals surface area contributed by atoms with Crippen molar-refractivity contribution >= 4 is 39.7 Å². The molecule has 0 fully saturated rings. The lowest BCUT2D eigenvalue weighted by Crippen LogP contribution is -2.13. The van der Waals surface area contributed by atoms with Crippen LogP contribution in [0.1, 0.15) is 25.6 Å². The number of hydrogen-bond donors (Lipinski definition) is 1. The van der Waals surface area contributed by atoms with Crippen LogP contribution in [0.3, 0.4) is 0 Å². The van der Waals surface area contributed by atoms with Crippen molar-refractivity contribution in [2.75, 3.05) is 12.4 Å². The third-order valence-corrected chi connectivity index (χ3v) is 4.79. The number of carbonyl (C=O) groups is 2. The number of esters is 1. The molecule has 25 heavy (non-hydrogen) atoms. The number of amides is 1. The van der Waals surface area contributed by atoms with Gasteiger partial charge in [0, 0.05) is 17.1 Å². The van der Waals surface area contributed by atoms with Crippen LogP contribution in [0.15, 0.2) is 35.8 Å². The third-order valence-electron chi connectivity index (χ3n) is 3.13. The van der Waals surface area contributed by atoms with Crippen LogP contribution in [0.5, 0.6) is 0 Å². The molecule has 0 saturated heterocycles. The second-order valence-electron chi connectivity index (χ2n) is 4.67. The van der Waals surface area contributed by atoms with Crippen molar-refractivity contribution in [3.63, 3.8) is 0 Å². The molecule has 0 spiro atoms. The van der Waals surface area contributed by atoms with Gasteiger partial charge in [0.15, 0.2) is 5.13 Å². The standard InChI is InChI=1S/C16H10N4O3S2/c1-23-15(22)10-4-2-3-9(7-10)13(21)20-16-19-12(11(8-17)25-16)14-18-5-6-24-14/h2-7H,1H3,(H,19,20,21). The topological polar surface area (TPSA) is 105 Å². The van der Waals surface area contributed by atoms with Crippen LogP contribution in [-0.2, 0) is 4.74 Å². The van der Waals surface area contributed by atoms with Crippen molar-refractivity contribution in [3.8, 4) is 16.8 Å². The van der Waals surface area contributed by atoms with Crippen LogP contribution < -0.4 is 5.32 Å². The number of carbonyl (C=O) groups excluding carboxylic acids is 2. The van der Waals surface area contributed by atoms with Crippen molar-refractivity contribution < 1.29 is 14.3 Å². The van der Waals surface area contributed by atoms with Gasteiger partial charge >= 0.3 is 5.97 Å². The quantitative estimate of drug-likeness (QED) is 0.707. The summed E-state index contributed by atoms with van der Waals surface area (Å²) in [4.78, 5) is 32.7. The summed E-state index contributed by atoms with van der Waals surface area (Å²) in [6.45, 7) is 0. The first-order valence-electron chi connectivity index (χ1n) is 6.93. The molecule has 1 amide bonds. The van der Waals surface area contributed by atoms with E-state index in [4.69, 9.17) is 0 Å². The molecule has 0 unspecified atom stereocenters. The molecule has 2 aromatic heterocycles. The molecule has 7 nitrogen and oxygen atoms in total. The summed E-state index contributed by atoms with van der Waals surface area (Å²) in [5, 5.41) is 14.6. The number of benzene rings is 1. The van der Waals surface area contributed by atoms with Gasteiger partial charge in [-0.05, 0) is 18.2 Å². The molecule has 9 heteroatoms. The number of anilines is 1. The highest BCUT2D eigenvalue weighted by Crippen LogP contribution is 2.31. The number of ether oxygens (including phenoxy) is 1. The predicted molar refractivity (Wildman–Crippen MR) is 93.7 cm³/mol. The van der Waals surface area contributed by atoms with E-state index >= 15 is 0 Å². The summed E-state index contributed by atoms with van der Waals surface area (Å²) in [7, 11) is 1.27. The Bertz CT molecular complexity index is 974. The van der Waals surface area contributed by atoms with Crippen molar-refractivity contribution in [2.45, 2.75) is 0 Å². The number of methoxy groups -OCH3 is 1. The average molecular weight is 370 g/mol. The highest BCUT2D eigenvalue weighted by molar-refractivity contribution is 7.17. The van der Waals surface area contributed by atoms with Crippen LogP contribution in [0.25, 0.3) is 10.7 Å². The fraction of sp³-hybridized carbons (Fsp3) is 0.0625. The summed E-state index contributed by atoms with van der Waals surface area (Å²) in [5.41, 5.74) is 1.00. The summed E-state index contributed by atoms with van der Waals surface area (Å²) in [5.74, 6) is -0.962. The number of nitrogens with one attached hydrogen (secondary N) is 1. The molecule has 0 bridgehead atoms. The fourth-order valence-corrected chi connectivity index (χ4v) is 3.46. The summed E-state index contributed by atoms with van der Waals surface area (Å²) >= 11 is 2.43. The van der Waals surface area contributed by atoms with Crippen molar-refractivity contribution in [1.82, 2.24) is 9.97 Å². The Morgan fingerprint density at radius 3 is 2.80 bits per heavy atom. The van der Waals surface area contributed by atoms with E-state index < -0.39 is 11.9 Å². The molecule has 2 heterocycles. The highest BCUT2D eigenvalue weighted by atomic mass is 32.1. The molecular formula is C16H10N4O3S2. The molecule has 0 aliphatic rings. The number of hydrogen-bond acceptors (Lipinski definition) is 8. The van der Waals surface area contributed by atoms with Crippen molar-refractivity contribution in [1.29, 1.82) is 5.26 Å². The number of thiazole rings is 2. The van der Waals surface area contributed by atoms with E-state index in [0.29, 0.717) is 15.6 Å². The smallest absolute Gasteiger partial charge is 0.337 e. The maximum Gasteiger partial charge on any atom is 0.337 e. The Morgan fingerprint density at radius 2 is 2.12 bits per heavy atom. The van der Waals surface area contributed by atoms with Crippen LogP contribution in [-0.4, -0.2) is 29.0 Å². The van der Waals surface area contributed by atoms with Crippen molar-refractivity contribution in [3.05, 3.63) is 51.8 Å². The molecule has 0 atom stereocenters. The molecule has 3 aromatic rings. The van der Waals surface area contributed by atoms with Gasteiger partial charge < -0.3 is 4.74 Å². The molecule has 0 aliphatic heterocycles. The van der Waals surface area contributed by atoms with E-state index in [-0.39, 0.29) is 16.3 Å². The zero-order chi connectivity index (χ0) is 17.8. The van der Waals surface area contributed by atoms with Gasteiger partial charge in [0.1, 0.15) is 21.6 Å². The number of rotatable bonds is 4. The lowest BCUT2D eigenvalue weighted by Gasteiger charge is -2.04. The van der Waals surface area contributed by atoms with Gasteiger partial charge in [-0.15, -0.1) is 11.3 Å². The second-order valence-corrected chi connectivity index (χ2v) is 6.57. The highest BCUT2D eigenvalue weighted by Gasteiger charge is 2.17. The monoisotopic (exact) mass is 370 g/mol. The van der Waals surface area contributed by atoms with E-state index in [1.165, 1.54) is 24.5 Å². The van der Waals surface area contributed by atoms with Gasteiger partial charge in [0.2, 0.25) is 0 Å². The molecule has 124 valence electrons. The van der Waals surface area contributed by atoms with E-state index in [1.54, 1.807) is 29.8 Å². The normalized spacial score (nSPS) is 10.1. The molecule has 0 aliphatic carbocycles. The zero-order valence-corrected chi connectivity index (χ0v) is 14.5. The minimum absolute atomic E-state index is 0.274. The fourth-order valence-electron chi connectivity index (χ4n) is 2.01. The van der Waals surface area contributed by atoms with Crippen molar-refractivity contribution in [2.24, 2.45) is 0 Å². The molecule has 1 aromatic carbocycles. The Balaban J connectivity index is 1.85. The maximum absolute atomic E-state index is 12.4. The van der Waals surface area contributed by atoms with Gasteiger partial charge in [-0.2, -0.15) is 5.26 Å². The van der Waals surface area contributed by atoms with Gasteiger partial charge in [-0.25, -0.2) is 14.8 Å². The van der Waals surface area contributed by atoms with Gasteiger partial charge in [0.05, 0.1) is 12.7 Å². The lowest BCUT2D eigenvalue weighted by molar-refractivity contribution is 0.0600. The van der Waals surface area contributed by atoms with Crippen LogP contribution in [0, 0.1) is 11.3 Å². The number of aromatic nitrogens is 2. The average Bonchev–Trinajstić information content (AvgIpc) is 3.30. The number of nitrogens with zero attached hydrogens (tertiary/aromatic N) is 3. The number of nitriles is 1. The summed E-state index contributed by atoms with van der Waals surface area (Å²) < 4.78 is 4.64. The predicted octanol–water partition coefficient (Wildman–Crippen LogP) is 3.18. The van der Waals surface area contributed by atoms with E-state index in [9.17, 15) is 14.9 Å². The van der Waals surface area contributed by atoms with E-state index in [2.05, 4.69) is 26.1 Å². The Labute approximate surface area is 150 Å². The SMILES string of the molecule is COC(=O)c1cccc(C(=O)Nc2nc(-c3nccs3)c(C#N)s2)c1. The maximum atomic E-state index is 12.4. The Morgan fingerprint density at radius 1 is 1.32 bits per heavy atom. The lowest BCUT2D eigenvalue weighted by atomic mass is 10.1. The molecule has 3 rings (SSSR count). The van der Waals surface area contributed by atoms with Gasteiger partial charge in [-0.1, -0.05) is 17.4 Å². The van der Waals surface area contributed by atoms with Crippen LogP contribution >= 0.6 is 22.7 Å². The first-order chi connectivity index (χ1) is 12.1. The molecular weight excluding hydrogens is 360 g/mol.